The zero-order valence-electron chi connectivity index (χ0n) is 20.2. The largest absolute Gasteiger partial charge is 0.306 e. The van der Waals surface area contributed by atoms with Crippen molar-refractivity contribution in [2.24, 2.45) is 11.8 Å². The van der Waals surface area contributed by atoms with Gasteiger partial charge in [0.05, 0.1) is 6.04 Å². The summed E-state index contributed by atoms with van der Waals surface area (Å²) in [5, 5.41) is 15.3. The van der Waals surface area contributed by atoms with E-state index in [0.717, 1.165) is 12.1 Å². The summed E-state index contributed by atoms with van der Waals surface area (Å²) in [6, 6.07) is 8.17. The number of benzene rings is 1. The minimum atomic E-state index is -1.06. The molecule has 2 rings (SSSR count). The number of hydrogen-bond acceptors (Lipinski definition) is 5. The quantitative estimate of drug-likeness (QED) is 0.350. The molecule has 1 fully saturated rings. The van der Waals surface area contributed by atoms with E-state index in [1.807, 2.05) is 64.1 Å². The Bertz CT molecular complexity index is 806. The number of hydrazine groups is 1. The van der Waals surface area contributed by atoms with Gasteiger partial charge in [-0.05, 0) is 43.2 Å². The normalized spacial score (nSPS) is 16.5. The van der Waals surface area contributed by atoms with Gasteiger partial charge >= 0.3 is 0 Å². The molecule has 8 nitrogen and oxygen atoms in total. The van der Waals surface area contributed by atoms with E-state index in [1.54, 1.807) is 11.6 Å². The molecule has 3 N–H and O–H groups in total. The first-order valence-corrected chi connectivity index (χ1v) is 11.8. The topological polar surface area (TPSA) is 102 Å². The summed E-state index contributed by atoms with van der Waals surface area (Å²) in [5.74, 6) is -0.892. The van der Waals surface area contributed by atoms with Crippen LogP contribution in [0, 0.1) is 11.8 Å². The third-order valence-corrected chi connectivity index (χ3v) is 5.54. The first-order chi connectivity index (χ1) is 15.7. The standard InChI is InChI=1S/C25H38N4O4/c1-18(2)13-14-23(30)29(28(17-19(3)4)25(32)21-15-16-26-21)22(24(31)27-33)12-8-11-20-9-6-5-7-10-20/h5-11,18-19,21-22,26,33H,12-17H2,1-4H3,(H,27,31)/t21-,22+/m1/s1. The second-order valence-electron chi connectivity index (χ2n) is 9.32. The van der Waals surface area contributed by atoms with Crippen molar-refractivity contribution in [1.29, 1.82) is 0 Å². The van der Waals surface area contributed by atoms with Gasteiger partial charge in [0.1, 0.15) is 6.04 Å². The molecule has 0 aliphatic carbocycles. The summed E-state index contributed by atoms with van der Waals surface area (Å²) in [7, 11) is 0. The number of carbonyl (C=O) groups is 3. The number of rotatable bonds is 11. The highest BCUT2D eigenvalue weighted by atomic mass is 16.5. The van der Waals surface area contributed by atoms with Crippen molar-refractivity contribution in [3.8, 4) is 0 Å². The average molecular weight is 459 g/mol. The highest BCUT2D eigenvalue weighted by Crippen LogP contribution is 2.20. The van der Waals surface area contributed by atoms with Crippen LogP contribution >= 0.6 is 0 Å². The molecule has 0 radical (unpaired) electrons. The maximum Gasteiger partial charge on any atom is 0.268 e. The smallest absolute Gasteiger partial charge is 0.268 e. The minimum Gasteiger partial charge on any atom is -0.306 e. The Hall–Kier alpha value is -2.71. The van der Waals surface area contributed by atoms with Crippen LogP contribution in [0.25, 0.3) is 6.08 Å². The third-order valence-electron chi connectivity index (χ3n) is 5.54. The van der Waals surface area contributed by atoms with Crippen LogP contribution in [0.15, 0.2) is 36.4 Å². The Balaban J connectivity index is 2.39. The van der Waals surface area contributed by atoms with Gasteiger partial charge in [-0.1, -0.05) is 70.2 Å². The van der Waals surface area contributed by atoms with Crippen molar-refractivity contribution < 1.29 is 19.6 Å². The number of nitrogens with zero attached hydrogens (tertiary/aromatic N) is 2. The van der Waals surface area contributed by atoms with Crippen molar-refractivity contribution >= 4 is 23.8 Å². The highest BCUT2D eigenvalue weighted by Gasteiger charge is 2.39. The molecule has 182 valence electrons. The van der Waals surface area contributed by atoms with Crippen LogP contribution in [0.2, 0.25) is 0 Å². The number of carbonyl (C=O) groups excluding carboxylic acids is 3. The monoisotopic (exact) mass is 458 g/mol. The molecule has 1 saturated heterocycles. The van der Waals surface area contributed by atoms with E-state index in [0.29, 0.717) is 25.3 Å². The molecule has 33 heavy (non-hydrogen) atoms. The van der Waals surface area contributed by atoms with Crippen molar-refractivity contribution in [2.75, 3.05) is 13.1 Å². The molecular weight excluding hydrogens is 420 g/mol. The van der Waals surface area contributed by atoms with E-state index in [9.17, 15) is 19.6 Å². The lowest BCUT2D eigenvalue weighted by atomic mass is 10.0. The third kappa shape index (κ3) is 7.98. The molecule has 0 unspecified atom stereocenters. The van der Waals surface area contributed by atoms with Crippen LogP contribution in [-0.2, 0) is 14.4 Å². The molecule has 1 aliphatic rings. The van der Waals surface area contributed by atoms with Gasteiger partial charge < -0.3 is 5.32 Å². The van der Waals surface area contributed by atoms with Gasteiger partial charge in [0.15, 0.2) is 0 Å². The van der Waals surface area contributed by atoms with Gasteiger partial charge in [0.2, 0.25) is 5.91 Å². The Labute approximate surface area is 196 Å². The van der Waals surface area contributed by atoms with Gasteiger partial charge in [-0.25, -0.2) is 15.5 Å². The number of amides is 3. The fourth-order valence-electron chi connectivity index (χ4n) is 3.60. The highest BCUT2D eigenvalue weighted by molar-refractivity contribution is 5.90. The first kappa shape index (κ1) is 26.5. The maximum atomic E-state index is 13.4. The zero-order chi connectivity index (χ0) is 24.4. The average Bonchev–Trinajstić information content (AvgIpc) is 2.74. The molecule has 0 saturated carbocycles. The van der Waals surface area contributed by atoms with Crippen LogP contribution in [-0.4, -0.2) is 58.1 Å². The van der Waals surface area contributed by atoms with Crippen LogP contribution in [0.4, 0.5) is 0 Å². The summed E-state index contributed by atoms with van der Waals surface area (Å²) >= 11 is 0. The van der Waals surface area contributed by atoms with Gasteiger partial charge in [-0.2, -0.15) is 0 Å². The Morgan fingerprint density at radius 2 is 1.82 bits per heavy atom. The van der Waals surface area contributed by atoms with Crippen molar-refractivity contribution in [3.05, 3.63) is 42.0 Å². The zero-order valence-corrected chi connectivity index (χ0v) is 20.2. The lowest BCUT2D eigenvalue weighted by Gasteiger charge is -2.43. The first-order valence-electron chi connectivity index (χ1n) is 11.8. The van der Waals surface area contributed by atoms with E-state index in [-0.39, 0.29) is 36.6 Å². The summed E-state index contributed by atoms with van der Waals surface area (Å²) in [4.78, 5) is 39.5. The maximum absolute atomic E-state index is 13.4. The van der Waals surface area contributed by atoms with E-state index in [1.165, 1.54) is 10.0 Å². The van der Waals surface area contributed by atoms with Crippen molar-refractivity contribution in [1.82, 2.24) is 20.8 Å². The van der Waals surface area contributed by atoms with Crippen molar-refractivity contribution in [2.45, 2.75) is 65.5 Å². The number of hydrogen-bond donors (Lipinski definition) is 3. The molecular formula is C25H38N4O4. The SMILES string of the molecule is CC(C)CCC(=O)N([C@@H](CC=Cc1ccccc1)C(=O)NO)N(CC(C)C)C(=O)[C@H]1CCN1. The van der Waals surface area contributed by atoms with Crippen LogP contribution < -0.4 is 10.8 Å². The number of nitrogens with one attached hydrogen (secondary N) is 2. The molecule has 1 aliphatic heterocycles. The van der Waals surface area contributed by atoms with E-state index < -0.39 is 11.9 Å². The lowest BCUT2D eigenvalue weighted by Crippen LogP contribution is -2.64. The van der Waals surface area contributed by atoms with E-state index in [4.69, 9.17) is 0 Å². The minimum absolute atomic E-state index is 0.0760. The molecule has 2 atom stereocenters. The molecule has 3 amide bonds. The predicted molar refractivity (Wildman–Crippen MR) is 128 cm³/mol. The fourth-order valence-corrected chi connectivity index (χ4v) is 3.60. The van der Waals surface area contributed by atoms with Crippen LogP contribution in [0.3, 0.4) is 0 Å². The summed E-state index contributed by atoms with van der Waals surface area (Å²) in [5.41, 5.74) is 2.65. The second kappa shape index (κ2) is 13.1. The molecule has 0 bridgehead atoms. The van der Waals surface area contributed by atoms with Crippen LogP contribution in [0.5, 0.6) is 0 Å². The number of hydroxylamine groups is 1. The van der Waals surface area contributed by atoms with Gasteiger partial charge in [0.25, 0.3) is 11.8 Å². The lowest BCUT2D eigenvalue weighted by molar-refractivity contribution is -0.177. The molecule has 1 aromatic rings. The van der Waals surface area contributed by atoms with Gasteiger partial charge in [-0.3, -0.25) is 19.6 Å². The molecule has 8 heteroatoms. The van der Waals surface area contributed by atoms with E-state index in [2.05, 4.69) is 5.32 Å². The fraction of sp³-hybridized carbons (Fsp3) is 0.560. The summed E-state index contributed by atoms with van der Waals surface area (Å²) in [6.07, 6.45) is 5.32. The Morgan fingerprint density at radius 1 is 1.15 bits per heavy atom. The van der Waals surface area contributed by atoms with Crippen molar-refractivity contribution in [3.63, 3.8) is 0 Å². The Morgan fingerprint density at radius 3 is 2.33 bits per heavy atom. The summed E-state index contributed by atoms with van der Waals surface area (Å²) < 4.78 is 0. The molecule has 1 aromatic carbocycles. The Kier molecular flexibility index (Phi) is 10.5. The predicted octanol–water partition coefficient (Wildman–Crippen LogP) is 2.99. The van der Waals surface area contributed by atoms with Crippen LogP contribution in [0.1, 0.15) is 58.9 Å². The second-order valence-corrected chi connectivity index (χ2v) is 9.32. The van der Waals surface area contributed by atoms with Gasteiger partial charge in [-0.15, -0.1) is 0 Å². The molecule has 0 spiro atoms. The molecule has 0 aromatic heterocycles. The van der Waals surface area contributed by atoms with E-state index >= 15 is 0 Å². The molecule has 1 heterocycles. The van der Waals surface area contributed by atoms with Gasteiger partial charge in [0, 0.05) is 13.0 Å². The summed E-state index contributed by atoms with van der Waals surface area (Å²) in [6.45, 7) is 9.00.